The van der Waals surface area contributed by atoms with Crippen molar-refractivity contribution in [2.45, 2.75) is 39.7 Å². The summed E-state index contributed by atoms with van der Waals surface area (Å²) < 4.78 is 22.8. The Balaban J connectivity index is 2.71. The molecule has 0 bridgehead atoms. The number of aliphatic hydroxyl groups excluding tert-OH is 1. The molecular weight excluding hydrogens is 498 g/mol. The van der Waals surface area contributed by atoms with Crippen LogP contribution in [0.4, 0.5) is 0 Å². The first-order valence-electron chi connectivity index (χ1n) is 13.2. The number of carbonyl (C=O) groups is 2. The summed E-state index contributed by atoms with van der Waals surface area (Å²) in [5.41, 5.74) is 1.98. The molecule has 0 heterocycles. The summed E-state index contributed by atoms with van der Waals surface area (Å²) in [6.45, 7) is 14.2. The van der Waals surface area contributed by atoms with Crippen molar-refractivity contribution in [3.05, 3.63) is 77.9 Å². The largest absolute Gasteiger partial charge is 0.491 e. The number of benzene rings is 2. The third-order valence-electron chi connectivity index (χ3n) is 5.87. The Hall–Kier alpha value is -3.62. The van der Waals surface area contributed by atoms with Crippen molar-refractivity contribution in [1.82, 2.24) is 4.90 Å². The molecule has 0 aliphatic carbocycles. The van der Waals surface area contributed by atoms with Crippen LogP contribution in [0.1, 0.15) is 47.8 Å². The average Bonchev–Trinajstić information content (AvgIpc) is 2.92. The zero-order valence-electron chi connectivity index (χ0n) is 23.5. The minimum atomic E-state index is -0.288. The van der Waals surface area contributed by atoms with Crippen LogP contribution in [-0.2, 0) is 22.4 Å². The number of aliphatic hydroxyl groups is 1. The maximum absolute atomic E-state index is 14.0. The van der Waals surface area contributed by atoms with Crippen LogP contribution in [-0.4, -0.2) is 74.4 Å². The summed E-state index contributed by atoms with van der Waals surface area (Å²) in [6.07, 6.45) is 3.64. The number of rotatable bonds is 18. The van der Waals surface area contributed by atoms with Crippen molar-refractivity contribution in [1.29, 1.82) is 0 Å². The fraction of sp³-hybridized carbons (Fsp3) is 0.419. The van der Waals surface area contributed by atoms with Crippen LogP contribution in [0.25, 0.3) is 0 Å². The van der Waals surface area contributed by atoms with Crippen LogP contribution in [0.15, 0.2) is 55.6 Å². The smallest absolute Gasteiger partial charge is 0.227 e. The van der Waals surface area contributed by atoms with Gasteiger partial charge in [-0.25, -0.2) is 0 Å². The lowest BCUT2D eigenvalue weighted by Crippen LogP contribution is -2.37. The number of amides is 1. The molecule has 0 saturated heterocycles. The highest BCUT2D eigenvalue weighted by molar-refractivity contribution is 6.12. The van der Waals surface area contributed by atoms with E-state index in [0.717, 1.165) is 5.56 Å². The first-order chi connectivity index (χ1) is 18.8. The number of methoxy groups -OCH3 is 1. The number of ketones is 1. The van der Waals surface area contributed by atoms with E-state index in [1.807, 2.05) is 20.8 Å². The van der Waals surface area contributed by atoms with Crippen LogP contribution in [0.2, 0.25) is 0 Å². The van der Waals surface area contributed by atoms with Crippen LogP contribution in [0, 0.1) is 0 Å². The van der Waals surface area contributed by atoms with Crippen LogP contribution < -0.4 is 14.2 Å². The second-order valence-electron chi connectivity index (χ2n) is 9.05. The quantitative estimate of drug-likeness (QED) is 0.222. The standard InChI is InChI=1S/C31H41NO7/c1-7-17-37-27-21-28(38-18-8-2)30(31(35)23-10-12-24(13-11-23)39-22(4)5)26(25(27)9-3)20-29(34)32(14-16-33)15-19-36-6/h7-8,10-13,21-22,33H,1-2,9,14-20H2,3-6H3. The van der Waals surface area contributed by atoms with Gasteiger partial charge in [0.05, 0.1) is 31.3 Å². The van der Waals surface area contributed by atoms with Crippen molar-refractivity contribution >= 4 is 11.7 Å². The normalized spacial score (nSPS) is 10.7. The van der Waals surface area contributed by atoms with Gasteiger partial charge in [-0.15, -0.1) is 0 Å². The lowest BCUT2D eigenvalue weighted by molar-refractivity contribution is -0.131. The molecular formula is C31H41NO7. The van der Waals surface area contributed by atoms with E-state index in [0.29, 0.717) is 53.5 Å². The molecule has 0 aromatic heterocycles. The van der Waals surface area contributed by atoms with Gasteiger partial charge in [0.1, 0.15) is 30.5 Å². The Morgan fingerprint density at radius 3 is 2.18 bits per heavy atom. The first kappa shape index (κ1) is 31.6. The Morgan fingerprint density at radius 1 is 1.00 bits per heavy atom. The fourth-order valence-corrected chi connectivity index (χ4v) is 4.15. The molecule has 39 heavy (non-hydrogen) atoms. The molecule has 2 rings (SSSR count). The van der Waals surface area contributed by atoms with E-state index in [-0.39, 0.29) is 50.6 Å². The molecule has 2 aromatic rings. The van der Waals surface area contributed by atoms with Crippen molar-refractivity contribution in [2.75, 3.05) is 46.6 Å². The highest BCUT2D eigenvalue weighted by Gasteiger charge is 2.28. The number of hydrogen-bond acceptors (Lipinski definition) is 7. The minimum absolute atomic E-state index is 0.00160. The van der Waals surface area contributed by atoms with E-state index in [1.165, 1.54) is 4.90 Å². The number of hydrogen-bond donors (Lipinski definition) is 1. The molecule has 2 aromatic carbocycles. The second-order valence-corrected chi connectivity index (χ2v) is 9.05. The van der Waals surface area contributed by atoms with Gasteiger partial charge in [0.15, 0.2) is 5.78 Å². The van der Waals surface area contributed by atoms with Gasteiger partial charge in [-0.1, -0.05) is 32.2 Å². The van der Waals surface area contributed by atoms with E-state index in [9.17, 15) is 14.7 Å². The maximum Gasteiger partial charge on any atom is 0.227 e. The Bertz CT molecular complexity index is 1110. The summed E-state index contributed by atoms with van der Waals surface area (Å²) in [5, 5.41) is 9.54. The van der Waals surface area contributed by atoms with Gasteiger partial charge in [0.2, 0.25) is 5.91 Å². The molecule has 0 saturated carbocycles. The molecule has 212 valence electrons. The van der Waals surface area contributed by atoms with Crippen molar-refractivity contribution < 1.29 is 33.6 Å². The third-order valence-corrected chi connectivity index (χ3v) is 5.87. The Labute approximate surface area is 231 Å². The van der Waals surface area contributed by atoms with Crippen molar-refractivity contribution in [3.8, 4) is 17.2 Å². The number of nitrogens with zero attached hydrogens (tertiary/aromatic N) is 1. The number of carbonyl (C=O) groups excluding carboxylic acids is 2. The van der Waals surface area contributed by atoms with E-state index in [2.05, 4.69) is 13.2 Å². The fourth-order valence-electron chi connectivity index (χ4n) is 4.15. The summed E-state index contributed by atoms with van der Waals surface area (Å²) in [6, 6.07) is 8.59. The van der Waals surface area contributed by atoms with Crippen LogP contribution >= 0.6 is 0 Å². The van der Waals surface area contributed by atoms with E-state index >= 15 is 0 Å². The predicted molar refractivity (Wildman–Crippen MR) is 152 cm³/mol. The molecule has 0 radical (unpaired) electrons. The number of ether oxygens (including phenoxy) is 4. The molecule has 1 amide bonds. The molecule has 8 nitrogen and oxygen atoms in total. The highest BCUT2D eigenvalue weighted by atomic mass is 16.5. The van der Waals surface area contributed by atoms with Gasteiger partial charge < -0.3 is 29.0 Å². The highest BCUT2D eigenvalue weighted by Crippen LogP contribution is 2.37. The molecule has 0 spiro atoms. The molecule has 0 aliphatic rings. The van der Waals surface area contributed by atoms with Crippen LogP contribution in [0.5, 0.6) is 17.2 Å². The first-order valence-corrected chi connectivity index (χ1v) is 13.2. The van der Waals surface area contributed by atoms with Crippen LogP contribution in [0.3, 0.4) is 0 Å². The SMILES string of the molecule is C=CCOc1cc(OCC=C)c(C(=O)c2ccc(OC(C)C)cc2)c(CC(=O)N(CCO)CCOC)c1CC. The average molecular weight is 540 g/mol. The molecule has 0 aliphatic heterocycles. The maximum atomic E-state index is 14.0. The molecule has 8 heteroatoms. The van der Waals surface area contributed by atoms with Crippen molar-refractivity contribution in [2.24, 2.45) is 0 Å². The Kier molecular flexibility index (Phi) is 13.3. The lowest BCUT2D eigenvalue weighted by atomic mass is 9.89. The lowest BCUT2D eigenvalue weighted by Gasteiger charge is -2.25. The predicted octanol–water partition coefficient (Wildman–Crippen LogP) is 4.41. The van der Waals surface area contributed by atoms with E-state index in [1.54, 1.807) is 49.6 Å². The molecule has 0 atom stereocenters. The van der Waals surface area contributed by atoms with E-state index < -0.39 is 0 Å². The summed E-state index contributed by atoms with van der Waals surface area (Å²) in [5.74, 6) is 0.930. The van der Waals surface area contributed by atoms with Gasteiger partial charge in [-0.2, -0.15) is 0 Å². The van der Waals surface area contributed by atoms with Gasteiger partial charge in [-0.05, 0) is 55.7 Å². The van der Waals surface area contributed by atoms with Gasteiger partial charge in [0.25, 0.3) is 0 Å². The summed E-state index contributed by atoms with van der Waals surface area (Å²) in [4.78, 5) is 29.1. The third kappa shape index (κ3) is 8.97. The second kappa shape index (κ2) is 16.4. The Morgan fingerprint density at radius 2 is 1.64 bits per heavy atom. The monoisotopic (exact) mass is 539 g/mol. The van der Waals surface area contributed by atoms with Crippen molar-refractivity contribution in [3.63, 3.8) is 0 Å². The van der Waals surface area contributed by atoms with Gasteiger partial charge in [0, 0.05) is 31.8 Å². The van der Waals surface area contributed by atoms with Gasteiger partial charge in [-0.3, -0.25) is 9.59 Å². The van der Waals surface area contributed by atoms with E-state index in [4.69, 9.17) is 18.9 Å². The van der Waals surface area contributed by atoms with Gasteiger partial charge >= 0.3 is 0 Å². The molecule has 0 fully saturated rings. The topological polar surface area (TPSA) is 94.5 Å². The summed E-state index contributed by atoms with van der Waals surface area (Å²) >= 11 is 0. The zero-order valence-corrected chi connectivity index (χ0v) is 23.5. The zero-order chi connectivity index (χ0) is 28.8. The molecule has 1 N–H and O–H groups in total. The minimum Gasteiger partial charge on any atom is -0.491 e. The summed E-state index contributed by atoms with van der Waals surface area (Å²) in [7, 11) is 1.55. The molecule has 0 unspecified atom stereocenters.